The molecule has 0 aliphatic carbocycles. The molecule has 31 heavy (non-hydrogen) atoms. The summed E-state index contributed by atoms with van der Waals surface area (Å²) in [7, 11) is -2.52. The van der Waals surface area contributed by atoms with Gasteiger partial charge >= 0.3 is 0 Å². The fourth-order valence-electron chi connectivity index (χ4n) is 3.60. The number of H-pyrrole nitrogens is 1. The summed E-state index contributed by atoms with van der Waals surface area (Å²) in [5.41, 5.74) is 5.29. The van der Waals surface area contributed by atoms with Gasteiger partial charge in [0.2, 0.25) is 5.91 Å². The van der Waals surface area contributed by atoms with Gasteiger partial charge in [0.15, 0.2) is 11.6 Å². The Morgan fingerprint density at radius 3 is 2.84 bits per heavy atom. The predicted octanol–water partition coefficient (Wildman–Crippen LogP) is 2.76. The van der Waals surface area contributed by atoms with Crippen LogP contribution in [0.4, 0.5) is 17.2 Å². The van der Waals surface area contributed by atoms with Gasteiger partial charge in [-0.05, 0) is 35.7 Å². The molecule has 2 aromatic carbocycles. The number of thiol groups is 1. The smallest absolute Gasteiger partial charge is 0.224 e. The Hall–Kier alpha value is -3.79. The van der Waals surface area contributed by atoms with Crippen LogP contribution in [0.25, 0.3) is 22.4 Å². The van der Waals surface area contributed by atoms with Crippen molar-refractivity contribution in [2.75, 3.05) is 10.6 Å². The Bertz CT molecular complexity index is 1390. The highest BCUT2D eigenvalue weighted by atomic mass is 32.2. The molecule has 10 heteroatoms. The molecule has 1 aliphatic rings. The summed E-state index contributed by atoms with van der Waals surface area (Å²) in [6, 6.07) is 12.9. The Morgan fingerprint density at radius 1 is 1.06 bits per heavy atom. The number of aryl methyl sites for hydroxylation is 1. The van der Waals surface area contributed by atoms with E-state index in [1.54, 1.807) is 24.4 Å². The van der Waals surface area contributed by atoms with Crippen molar-refractivity contribution in [3.63, 3.8) is 0 Å². The number of carbonyl (C=O) groups is 1. The summed E-state index contributed by atoms with van der Waals surface area (Å²) in [5, 5.41) is 13.2. The molecule has 0 unspecified atom stereocenters. The Morgan fingerprint density at radius 2 is 1.97 bits per heavy atom. The average Bonchev–Trinajstić information content (AvgIpc) is 3.22. The molecular weight excluding hydrogens is 416 g/mol. The molecule has 156 valence electrons. The summed E-state index contributed by atoms with van der Waals surface area (Å²) in [5.74, 6) is 0.943. The molecule has 5 rings (SSSR count). The van der Waals surface area contributed by atoms with E-state index in [-0.39, 0.29) is 11.7 Å². The van der Waals surface area contributed by atoms with Gasteiger partial charge in [-0.15, -0.1) is 0 Å². The normalized spacial score (nSPS) is 13.3. The lowest BCUT2D eigenvalue weighted by molar-refractivity contribution is -0.116. The number of hydrogen-bond acceptors (Lipinski definition) is 7. The number of nitrogens with one attached hydrogen (secondary N) is 3. The van der Waals surface area contributed by atoms with Crippen LogP contribution in [0.15, 0.2) is 48.7 Å². The maximum atomic E-state index is 11.7. The van der Waals surface area contributed by atoms with Crippen LogP contribution in [0, 0.1) is 0 Å². The zero-order chi connectivity index (χ0) is 21.4. The van der Waals surface area contributed by atoms with E-state index in [1.807, 2.05) is 24.3 Å². The van der Waals surface area contributed by atoms with Crippen LogP contribution in [0.5, 0.6) is 0 Å². The summed E-state index contributed by atoms with van der Waals surface area (Å²) in [4.78, 5) is 20.9. The van der Waals surface area contributed by atoms with Gasteiger partial charge < -0.3 is 10.6 Å². The fourth-order valence-corrected chi connectivity index (χ4v) is 4.10. The Labute approximate surface area is 178 Å². The molecule has 0 spiro atoms. The van der Waals surface area contributed by atoms with Crippen LogP contribution in [0.1, 0.15) is 17.5 Å². The maximum Gasteiger partial charge on any atom is 0.224 e. The van der Waals surface area contributed by atoms with E-state index in [2.05, 4.69) is 30.8 Å². The van der Waals surface area contributed by atoms with Crippen LogP contribution < -0.4 is 10.6 Å². The lowest BCUT2D eigenvalue weighted by Gasteiger charge is -2.18. The quantitative estimate of drug-likeness (QED) is 0.355. The molecule has 4 aromatic rings. The van der Waals surface area contributed by atoms with Gasteiger partial charge in [0.25, 0.3) is 0 Å². The molecule has 1 aliphatic heterocycles. The third-order valence-electron chi connectivity index (χ3n) is 5.07. The average molecular weight is 434 g/mol. The van der Waals surface area contributed by atoms with Crippen LogP contribution in [0.3, 0.4) is 0 Å². The van der Waals surface area contributed by atoms with E-state index in [9.17, 15) is 13.2 Å². The Kier molecular flexibility index (Phi) is 4.83. The van der Waals surface area contributed by atoms with E-state index < -0.39 is 10.7 Å². The van der Waals surface area contributed by atoms with Crippen LogP contribution >= 0.6 is 0 Å². The molecule has 0 saturated heterocycles. The number of rotatable bonds is 5. The lowest BCUT2D eigenvalue weighted by atomic mass is 10.0. The molecule has 0 radical (unpaired) electrons. The molecule has 9 nitrogen and oxygen atoms in total. The third-order valence-corrected chi connectivity index (χ3v) is 5.69. The molecular formula is C21H18N6O3S. The minimum Gasteiger partial charge on any atom is -0.338 e. The SMILES string of the molecule is O=C1CCc2ccc(Nc3nc(-c4cccc(C[SH](=O)=O)c4)nc4cn[nH]c34)cc2N1. The van der Waals surface area contributed by atoms with E-state index in [0.29, 0.717) is 40.2 Å². The first-order valence-electron chi connectivity index (χ1n) is 9.67. The van der Waals surface area contributed by atoms with Gasteiger partial charge in [-0.1, -0.05) is 24.3 Å². The van der Waals surface area contributed by atoms with Crippen molar-refractivity contribution in [1.82, 2.24) is 20.2 Å². The van der Waals surface area contributed by atoms with Crippen LogP contribution in [0.2, 0.25) is 0 Å². The van der Waals surface area contributed by atoms with Crippen molar-refractivity contribution in [3.8, 4) is 11.4 Å². The standard InChI is InChI=1S/C21H18N6O3S/c28-18-7-5-13-4-6-15(9-16(13)24-18)23-21-19-17(10-22-27-19)25-20(26-21)14-3-1-2-12(8-14)11-31(29)30/h1-4,6,8-10,31H,5,7,11H2,(H,22,27)(H,24,28)(H,23,25,26). The molecule has 2 aromatic heterocycles. The molecule has 0 atom stereocenters. The molecule has 3 N–H and O–H groups in total. The highest BCUT2D eigenvalue weighted by Gasteiger charge is 2.16. The molecule has 1 amide bonds. The van der Waals surface area contributed by atoms with E-state index in [1.165, 1.54) is 0 Å². The second-order valence-electron chi connectivity index (χ2n) is 7.26. The molecule has 0 bridgehead atoms. The number of anilines is 3. The minimum absolute atomic E-state index is 0.00430. The zero-order valence-electron chi connectivity index (χ0n) is 16.3. The fraction of sp³-hybridized carbons (Fsp3) is 0.143. The first-order valence-corrected chi connectivity index (χ1v) is 11.0. The predicted molar refractivity (Wildman–Crippen MR) is 118 cm³/mol. The van der Waals surface area contributed by atoms with Gasteiger partial charge in [-0.2, -0.15) is 5.10 Å². The summed E-state index contributed by atoms with van der Waals surface area (Å²) in [6.07, 6.45) is 2.82. The lowest BCUT2D eigenvalue weighted by Crippen LogP contribution is -2.18. The second kappa shape index (κ2) is 7.80. The topological polar surface area (TPSA) is 130 Å². The van der Waals surface area contributed by atoms with Crippen LogP contribution in [-0.2, 0) is 27.7 Å². The second-order valence-corrected chi connectivity index (χ2v) is 8.24. The van der Waals surface area contributed by atoms with Gasteiger partial charge in [0, 0.05) is 23.4 Å². The number of aromatic amines is 1. The largest absolute Gasteiger partial charge is 0.338 e. The van der Waals surface area contributed by atoms with Gasteiger partial charge in [0.05, 0.1) is 11.9 Å². The summed E-state index contributed by atoms with van der Waals surface area (Å²) < 4.78 is 22.2. The van der Waals surface area contributed by atoms with Crippen molar-refractivity contribution in [2.24, 2.45) is 0 Å². The first-order chi connectivity index (χ1) is 15.0. The zero-order valence-corrected chi connectivity index (χ0v) is 17.1. The summed E-state index contributed by atoms with van der Waals surface area (Å²) in [6.45, 7) is 0. The molecule has 0 saturated carbocycles. The van der Waals surface area contributed by atoms with Gasteiger partial charge in [-0.3, -0.25) is 9.89 Å². The van der Waals surface area contributed by atoms with E-state index in [4.69, 9.17) is 0 Å². The monoisotopic (exact) mass is 434 g/mol. The van der Waals surface area contributed by atoms with Crippen molar-refractivity contribution in [2.45, 2.75) is 18.6 Å². The maximum absolute atomic E-state index is 11.7. The van der Waals surface area contributed by atoms with E-state index >= 15 is 0 Å². The molecule has 3 heterocycles. The third kappa shape index (κ3) is 3.97. The highest BCUT2D eigenvalue weighted by molar-refractivity contribution is 7.71. The first kappa shape index (κ1) is 19.2. The van der Waals surface area contributed by atoms with Crippen molar-refractivity contribution >= 4 is 44.8 Å². The number of fused-ring (bicyclic) bond motifs is 2. The number of benzene rings is 2. The minimum atomic E-state index is -2.52. The highest BCUT2D eigenvalue weighted by Crippen LogP contribution is 2.30. The number of hydrogen-bond donors (Lipinski definition) is 4. The number of carbonyl (C=O) groups excluding carboxylic acids is 1. The van der Waals surface area contributed by atoms with Crippen LogP contribution in [-0.4, -0.2) is 34.5 Å². The van der Waals surface area contributed by atoms with E-state index in [0.717, 1.165) is 23.4 Å². The number of aromatic nitrogens is 4. The number of nitrogens with zero attached hydrogens (tertiary/aromatic N) is 3. The van der Waals surface area contributed by atoms with Gasteiger partial charge in [-0.25, -0.2) is 18.4 Å². The van der Waals surface area contributed by atoms with Crippen molar-refractivity contribution in [3.05, 3.63) is 59.8 Å². The summed E-state index contributed by atoms with van der Waals surface area (Å²) >= 11 is 0. The number of amides is 1. The molecule has 0 fully saturated rings. The Balaban J connectivity index is 1.53. The van der Waals surface area contributed by atoms with Crippen molar-refractivity contribution < 1.29 is 13.2 Å². The van der Waals surface area contributed by atoms with Crippen molar-refractivity contribution in [1.29, 1.82) is 0 Å². The van der Waals surface area contributed by atoms with Gasteiger partial charge in [0.1, 0.15) is 21.7 Å².